The lowest BCUT2D eigenvalue weighted by Gasteiger charge is -2.24. The molecule has 0 unspecified atom stereocenters. The van der Waals surface area contributed by atoms with Crippen LogP contribution in [0.3, 0.4) is 0 Å². The van der Waals surface area contributed by atoms with Crippen molar-refractivity contribution in [2.24, 2.45) is 0 Å². The van der Waals surface area contributed by atoms with E-state index in [2.05, 4.69) is 15.5 Å². The topological polar surface area (TPSA) is 124 Å². The Morgan fingerprint density at radius 2 is 1.84 bits per heavy atom. The van der Waals surface area contributed by atoms with Gasteiger partial charge in [0, 0.05) is 11.6 Å². The predicted molar refractivity (Wildman–Crippen MR) is 111 cm³/mol. The molecule has 0 aliphatic carbocycles. The third-order valence-electron chi connectivity index (χ3n) is 4.44. The van der Waals surface area contributed by atoms with E-state index in [0.29, 0.717) is 36.2 Å². The lowest BCUT2D eigenvalue weighted by atomic mass is 10.2. The van der Waals surface area contributed by atoms with Crippen LogP contribution in [-0.4, -0.2) is 50.5 Å². The first-order valence-corrected chi connectivity index (χ1v) is 11.3. The average Bonchev–Trinajstić information content (AvgIpc) is 3.25. The van der Waals surface area contributed by atoms with E-state index in [1.165, 1.54) is 6.07 Å². The SMILES string of the molecule is CS(=O)(=O)N(CC(=O)NCc1nc(-c2ccccc2)no1)c1ccc2c(c1)OCCO2. The second-order valence-electron chi connectivity index (χ2n) is 6.75. The van der Waals surface area contributed by atoms with Gasteiger partial charge in [-0.3, -0.25) is 9.10 Å². The van der Waals surface area contributed by atoms with E-state index >= 15 is 0 Å². The number of carbonyl (C=O) groups excluding carboxylic acids is 1. The Bertz CT molecular complexity index is 1180. The molecular formula is C20H20N4O6S. The Hall–Kier alpha value is -3.60. The summed E-state index contributed by atoms with van der Waals surface area (Å²) in [5.41, 5.74) is 1.08. The highest BCUT2D eigenvalue weighted by molar-refractivity contribution is 7.92. The van der Waals surface area contributed by atoms with Gasteiger partial charge in [-0.05, 0) is 12.1 Å². The summed E-state index contributed by atoms with van der Waals surface area (Å²) in [5.74, 6) is 1.03. The molecule has 2 heterocycles. The second kappa shape index (κ2) is 8.64. The molecule has 0 saturated heterocycles. The number of nitrogens with zero attached hydrogens (tertiary/aromatic N) is 3. The quantitative estimate of drug-likeness (QED) is 0.583. The summed E-state index contributed by atoms with van der Waals surface area (Å²) in [6.45, 7) is 0.340. The van der Waals surface area contributed by atoms with Crippen LogP contribution in [0, 0.1) is 0 Å². The molecule has 10 nitrogen and oxygen atoms in total. The number of anilines is 1. The first-order chi connectivity index (χ1) is 14.9. The Morgan fingerprint density at radius 1 is 1.10 bits per heavy atom. The molecular weight excluding hydrogens is 424 g/mol. The number of rotatable bonds is 7. The Balaban J connectivity index is 1.43. The Morgan fingerprint density at radius 3 is 2.58 bits per heavy atom. The number of fused-ring (bicyclic) bond motifs is 1. The molecule has 1 amide bonds. The van der Waals surface area contributed by atoms with E-state index in [4.69, 9.17) is 14.0 Å². The zero-order valence-corrected chi connectivity index (χ0v) is 17.5. The molecule has 3 aromatic rings. The summed E-state index contributed by atoms with van der Waals surface area (Å²) in [6, 6.07) is 14.0. The highest BCUT2D eigenvalue weighted by atomic mass is 32.2. The molecule has 162 valence electrons. The van der Waals surface area contributed by atoms with E-state index in [1.54, 1.807) is 12.1 Å². The summed E-state index contributed by atoms with van der Waals surface area (Å²) >= 11 is 0. The first-order valence-electron chi connectivity index (χ1n) is 9.42. The van der Waals surface area contributed by atoms with Gasteiger partial charge < -0.3 is 19.3 Å². The smallest absolute Gasteiger partial charge is 0.246 e. The zero-order valence-electron chi connectivity index (χ0n) is 16.6. The average molecular weight is 444 g/mol. The fourth-order valence-corrected chi connectivity index (χ4v) is 3.83. The van der Waals surface area contributed by atoms with Crippen molar-refractivity contribution in [3.63, 3.8) is 0 Å². The Labute approximate surface area is 178 Å². The molecule has 1 aromatic heterocycles. The molecule has 0 bridgehead atoms. The van der Waals surface area contributed by atoms with Gasteiger partial charge in [0.2, 0.25) is 27.6 Å². The monoisotopic (exact) mass is 444 g/mol. The van der Waals surface area contributed by atoms with E-state index in [-0.39, 0.29) is 12.4 Å². The molecule has 0 atom stereocenters. The lowest BCUT2D eigenvalue weighted by molar-refractivity contribution is -0.119. The number of ether oxygens (including phenoxy) is 2. The van der Waals surface area contributed by atoms with Gasteiger partial charge in [-0.2, -0.15) is 4.98 Å². The van der Waals surface area contributed by atoms with Gasteiger partial charge in [-0.1, -0.05) is 35.5 Å². The molecule has 1 N–H and O–H groups in total. The summed E-state index contributed by atoms with van der Waals surface area (Å²) in [4.78, 5) is 16.7. The van der Waals surface area contributed by atoms with Crippen LogP contribution in [0.15, 0.2) is 53.1 Å². The maximum atomic E-state index is 12.4. The van der Waals surface area contributed by atoms with Gasteiger partial charge >= 0.3 is 0 Å². The van der Waals surface area contributed by atoms with Gasteiger partial charge in [-0.15, -0.1) is 0 Å². The largest absolute Gasteiger partial charge is 0.486 e. The molecule has 0 radical (unpaired) electrons. The molecule has 2 aromatic carbocycles. The fraction of sp³-hybridized carbons (Fsp3) is 0.250. The van der Waals surface area contributed by atoms with Crippen molar-refractivity contribution in [2.45, 2.75) is 6.54 Å². The van der Waals surface area contributed by atoms with Crippen molar-refractivity contribution < 1.29 is 27.2 Å². The third kappa shape index (κ3) is 4.94. The second-order valence-corrected chi connectivity index (χ2v) is 8.66. The van der Waals surface area contributed by atoms with Crippen LogP contribution in [0.1, 0.15) is 5.89 Å². The van der Waals surface area contributed by atoms with Crippen molar-refractivity contribution in [3.8, 4) is 22.9 Å². The van der Waals surface area contributed by atoms with Crippen molar-refractivity contribution in [3.05, 3.63) is 54.4 Å². The lowest BCUT2D eigenvalue weighted by Crippen LogP contribution is -2.40. The number of hydrogen-bond acceptors (Lipinski definition) is 8. The number of carbonyl (C=O) groups is 1. The first kappa shape index (κ1) is 20.7. The van der Waals surface area contributed by atoms with Crippen LogP contribution in [0.2, 0.25) is 0 Å². The van der Waals surface area contributed by atoms with Crippen molar-refractivity contribution in [1.82, 2.24) is 15.5 Å². The van der Waals surface area contributed by atoms with E-state index in [9.17, 15) is 13.2 Å². The molecule has 1 aliphatic heterocycles. The van der Waals surface area contributed by atoms with Crippen molar-refractivity contribution in [2.75, 3.05) is 30.3 Å². The zero-order chi connectivity index (χ0) is 21.8. The number of sulfonamides is 1. The number of nitrogens with one attached hydrogen (secondary N) is 1. The molecule has 0 spiro atoms. The summed E-state index contributed by atoms with van der Waals surface area (Å²) in [5, 5.41) is 6.48. The highest BCUT2D eigenvalue weighted by Crippen LogP contribution is 2.34. The standard InChI is InChI=1S/C20H20N4O6S/c1-31(26,27)24(15-7-8-16-17(11-15)29-10-9-28-16)13-18(25)21-12-19-22-20(23-30-19)14-5-3-2-4-6-14/h2-8,11H,9-10,12-13H2,1H3,(H,21,25). The number of benzene rings is 2. The minimum absolute atomic E-state index is 0.0303. The molecule has 31 heavy (non-hydrogen) atoms. The molecule has 0 saturated carbocycles. The molecule has 4 rings (SSSR count). The maximum Gasteiger partial charge on any atom is 0.246 e. The van der Waals surface area contributed by atoms with Crippen LogP contribution < -0.4 is 19.1 Å². The van der Waals surface area contributed by atoms with Crippen LogP contribution >= 0.6 is 0 Å². The Kier molecular flexibility index (Phi) is 5.76. The summed E-state index contributed by atoms with van der Waals surface area (Å²) < 4.78 is 41.7. The van der Waals surface area contributed by atoms with Crippen LogP contribution in [0.4, 0.5) is 5.69 Å². The van der Waals surface area contributed by atoms with E-state index in [1.807, 2.05) is 30.3 Å². The minimum Gasteiger partial charge on any atom is -0.486 e. The van der Waals surface area contributed by atoms with Gasteiger partial charge in [0.25, 0.3) is 0 Å². The van der Waals surface area contributed by atoms with Gasteiger partial charge in [-0.25, -0.2) is 8.42 Å². The number of amides is 1. The normalized spacial score (nSPS) is 12.9. The number of aromatic nitrogens is 2. The molecule has 0 fully saturated rings. The van der Waals surface area contributed by atoms with Gasteiger partial charge in [0.1, 0.15) is 19.8 Å². The van der Waals surface area contributed by atoms with Crippen LogP contribution in [-0.2, 0) is 21.4 Å². The fourth-order valence-electron chi connectivity index (χ4n) is 2.98. The van der Waals surface area contributed by atoms with Crippen LogP contribution in [0.5, 0.6) is 11.5 Å². The van der Waals surface area contributed by atoms with Crippen molar-refractivity contribution >= 4 is 21.6 Å². The summed E-state index contributed by atoms with van der Waals surface area (Å²) in [7, 11) is -3.73. The van der Waals surface area contributed by atoms with E-state index in [0.717, 1.165) is 16.1 Å². The van der Waals surface area contributed by atoms with Crippen molar-refractivity contribution in [1.29, 1.82) is 0 Å². The predicted octanol–water partition coefficient (Wildman–Crippen LogP) is 1.59. The van der Waals surface area contributed by atoms with Gasteiger partial charge in [0.15, 0.2) is 11.5 Å². The highest BCUT2D eigenvalue weighted by Gasteiger charge is 2.23. The van der Waals surface area contributed by atoms with Crippen LogP contribution in [0.25, 0.3) is 11.4 Å². The molecule has 11 heteroatoms. The van der Waals surface area contributed by atoms with Gasteiger partial charge in [0.05, 0.1) is 18.5 Å². The minimum atomic E-state index is -3.73. The molecule has 1 aliphatic rings. The number of hydrogen-bond donors (Lipinski definition) is 1. The van der Waals surface area contributed by atoms with E-state index < -0.39 is 22.5 Å². The third-order valence-corrected chi connectivity index (χ3v) is 5.58. The summed E-state index contributed by atoms with van der Waals surface area (Å²) in [6.07, 6.45) is 1.03. The maximum absolute atomic E-state index is 12.4.